The molecule has 3 rings (SSSR count). The summed E-state index contributed by atoms with van der Waals surface area (Å²) < 4.78 is 7.45. The zero-order chi connectivity index (χ0) is 23.1. The third-order valence-corrected chi connectivity index (χ3v) is 6.49. The topological polar surface area (TPSA) is 69.0 Å². The van der Waals surface area contributed by atoms with Gasteiger partial charge in [-0.3, -0.25) is 4.79 Å². The Kier molecular flexibility index (Phi) is 8.33. The van der Waals surface area contributed by atoms with Gasteiger partial charge in [0, 0.05) is 18.7 Å². The second-order valence-electron chi connectivity index (χ2n) is 7.92. The van der Waals surface area contributed by atoms with E-state index in [-0.39, 0.29) is 11.2 Å². The number of hydrogen-bond acceptors (Lipinski definition) is 5. The van der Waals surface area contributed by atoms with Crippen molar-refractivity contribution in [3.63, 3.8) is 0 Å². The molecule has 0 aliphatic rings. The van der Waals surface area contributed by atoms with Gasteiger partial charge in [-0.05, 0) is 69.9 Å². The van der Waals surface area contributed by atoms with E-state index in [0.717, 1.165) is 59.4 Å². The van der Waals surface area contributed by atoms with Crippen LogP contribution in [0.3, 0.4) is 0 Å². The summed E-state index contributed by atoms with van der Waals surface area (Å²) in [5, 5.41) is 12.3. The van der Waals surface area contributed by atoms with Gasteiger partial charge in [-0.25, -0.2) is 0 Å². The molecule has 0 saturated carbocycles. The molecular weight excluding hydrogens is 420 g/mol. The molecule has 1 aromatic heterocycles. The average molecular weight is 453 g/mol. The minimum absolute atomic E-state index is 0.0408. The van der Waals surface area contributed by atoms with E-state index in [1.807, 2.05) is 44.2 Å². The van der Waals surface area contributed by atoms with Crippen molar-refractivity contribution < 1.29 is 9.53 Å². The van der Waals surface area contributed by atoms with Crippen LogP contribution in [0, 0.1) is 13.8 Å². The Morgan fingerprint density at radius 3 is 2.53 bits per heavy atom. The van der Waals surface area contributed by atoms with Gasteiger partial charge in [0.15, 0.2) is 5.16 Å². The highest BCUT2D eigenvalue weighted by molar-refractivity contribution is 8.00. The van der Waals surface area contributed by atoms with Crippen LogP contribution in [0.5, 0.6) is 5.75 Å². The summed E-state index contributed by atoms with van der Waals surface area (Å²) in [6.45, 7) is 8.85. The number of ether oxygens (including phenoxy) is 1. The lowest BCUT2D eigenvalue weighted by molar-refractivity contribution is -0.115. The number of aromatic nitrogens is 3. The lowest BCUT2D eigenvalue weighted by Crippen LogP contribution is -2.23. The molecule has 1 N–H and O–H groups in total. The maximum atomic E-state index is 12.6. The first-order valence-corrected chi connectivity index (χ1v) is 11.9. The number of aryl methyl sites for hydroxylation is 4. The normalized spacial score (nSPS) is 11.9. The first-order valence-electron chi connectivity index (χ1n) is 11.0. The Hall–Kier alpha value is -2.80. The molecule has 0 aliphatic carbocycles. The third kappa shape index (κ3) is 6.13. The summed E-state index contributed by atoms with van der Waals surface area (Å²) in [6.07, 6.45) is 2.80. The van der Waals surface area contributed by atoms with Gasteiger partial charge in [0.1, 0.15) is 11.6 Å². The number of hydrogen-bond donors (Lipinski definition) is 1. The van der Waals surface area contributed by atoms with Crippen molar-refractivity contribution >= 4 is 23.4 Å². The third-order valence-electron chi connectivity index (χ3n) is 5.41. The highest BCUT2D eigenvalue weighted by Gasteiger charge is 2.19. The Morgan fingerprint density at radius 2 is 1.88 bits per heavy atom. The number of anilines is 1. The molecule has 0 bridgehead atoms. The number of nitrogens with one attached hydrogen (secondary N) is 1. The fraction of sp³-hybridized carbons (Fsp3) is 0.400. The molecule has 1 heterocycles. The molecule has 0 aliphatic heterocycles. The summed E-state index contributed by atoms with van der Waals surface area (Å²) in [5.41, 5.74) is 4.41. The van der Waals surface area contributed by atoms with Crippen LogP contribution >= 0.6 is 11.8 Å². The summed E-state index contributed by atoms with van der Waals surface area (Å²) in [7, 11) is 1.70. The Labute approximate surface area is 194 Å². The zero-order valence-corrected chi connectivity index (χ0v) is 20.3. The van der Waals surface area contributed by atoms with Gasteiger partial charge in [-0.2, -0.15) is 0 Å². The number of rotatable bonds is 10. The predicted octanol–water partition coefficient (Wildman–Crippen LogP) is 5.22. The molecule has 0 saturated heterocycles. The van der Waals surface area contributed by atoms with Crippen LogP contribution in [0.25, 0.3) is 0 Å². The molecule has 0 radical (unpaired) electrons. The number of benzene rings is 2. The van der Waals surface area contributed by atoms with Crippen LogP contribution in [0.1, 0.15) is 42.8 Å². The van der Waals surface area contributed by atoms with Gasteiger partial charge in [0.05, 0.1) is 12.4 Å². The van der Waals surface area contributed by atoms with Gasteiger partial charge in [0.2, 0.25) is 5.91 Å². The molecule has 3 aromatic rings. The summed E-state index contributed by atoms with van der Waals surface area (Å²) >= 11 is 1.45. The number of amides is 1. The van der Waals surface area contributed by atoms with E-state index in [4.69, 9.17) is 4.74 Å². The zero-order valence-electron chi connectivity index (χ0n) is 19.5. The monoisotopic (exact) mass is 452 g/mol. The molecule has 32 heavy (non-hydrogen) atoms. The van der Waals surface area contributed by atoms with Crippen LogP contribution in [0.2, 0.25) is 0 Å². The average Bonchev–Trinajstić information content (AvgIpc) is 3.16. The summed E-state index contributed by atoms with van der Waals surface area (Å²) in [4.78, 5) is 12.6. The molecule has 7 heteroatoms. The van der Waals surface area contributed by atoms with Crippen LogP contribution in [0.15, 0.2) is 47.6 Å². The molecule has 170 valence electrons. The fourth-order valence-corrected chi connectivity index (χ4v) is 4.48. The van der Waals surface area contributed by atoms with Crippen molar-refractivity contribution in [2.75, 3.05) is 12.4 Å². The molecule has 6 nitrogen and oxygen atoms in total. The van der Waals surface area contributed by atoms with Crippen molar-refractivity contribution in [3.8, 4) is 5.75 Å². The van der Waals surface area contributed by atoms with Crippen LogP contribution < -0.4 is 10.1 Å². The van der Waals surface area contributed by atoms with Crippen molar-refractivity contribution in [3.05, 3.63) is 65.0 Å². The first kappa shape index (κ1) is 23.9. The standard InChI is InChI=1S/C25H32N4O2S/c1-6-29-23(9-7-8-20-12-15-22(31-5)18(3)16-20)27-28-25(29)32-19(4)24(30)26-21-13-10-17(2)11-14-21/h10-16,19H,6-9H2,1-5H3,(H,26,30). The Balaban J connectivity index is 1.57. The van der Waals surface area contributed by atoms with Gasteiger partial charge in [-0.1, -0.05) is 41.6 Å². The van der Waals surface area contributed by atoms with E-state index >= 15 is 0 Å². The molecule has 2 aromatic carbocycles. The highest BCUT2D eigenvalue weighted by Crippen LogP contribution is 2.25. The fourth-order valence-electron chi connectivity index (χ4n) is 3.55. The Bertz CT molecular complexity index is 1050. The van der Waals surface area contributed by atoms with Gasteiger partial charge < -0.3 is 14.6 Å². The molecular formula is C25H32N4O2S. The number of carbonyl (C=O) groups excluding carboxylic acids is 1. The number of methoxy groups -OCH3 is 1. The summed E-state index contributed by atoms with van der Waals surface area (Å²) in [5.74, 6) is 1.84. The smallest absolute Gasteiger partial charge is 0.237 e. The maximum Gasteiger partial charge on any atom is 0.237 e. The molecule has 1 amide bonds. The van der Waals surface area contributed by atoms with E-state index in [2.05, 4.69) is 46.1 Å². The van der Waals surface area contributed by atoms with Crippen molar-refractivity contribution in [2.24, 2.45) is 0 Å². The SMILES string of the molecule is CCn1c(CCCc2ccc(OC)c(C)c2)nnc1SC(C)C(=O)Nc1ccc(C)cc1. The van der Waals surface area contributed by atoms with Crippen molar-refractivity contribution in [2.45, 2.75) is 63.9 Å². The van der Waals surface area contributed by atoms with Crippen LogP contribution in [-0.4, -0.2) is 33.0 Å². The minimum Gasteiger partial charge on any atom is -0.496 e. The predicted molar refractivity (Wildman–Crippen MR) is 131 cm³/mol. The number of nitrogens with zero attached hydrogens (tertiary/aromatic N) is 3. The first-order chi connectivity index (χ1) is 15.4. The van der Waals surface area contributed by atoms with Crippen molar-refractivity contribution in [1.82, 2.24) is 14.8 Å². The molecule has 0 spiro atoms. The van der Waals surface area contributed by atoms with E-state index in [1.54, 1.807) is 7.11 Å². The molecule has 1 atom stereocenters. The second kappa shape index (κ2) is 11.2. The van der Waals surface area contributed by atoms with Crippen LogP contribution in [-0.2, 0) is 24.2 Å². The van der Waals surface area contributed by atoms with E-state index in [1.165, 1.54) is 17.3 Å². The lowest BCUT2D eigenvalue weighted by atomic mass is 10.0. The van der Waals surface area contributed by atoms with E-state index < -0.39 is 0 Å². The molecule has 0 fully saturated rings. The summed E-state index contributed by atoms with van der Waals surface area (Å²) in [6, 6.07) is 14.1. The van der Waals surface area contributed by atoms with Gasteiger partial charge in [-0.15, -0.1) is 10.2 Å². The van der Waals surface area contributed by atoms with E-state index in [0.29, 0.717) is 0 Å². The maximum absolute atomic E-state index is 12.6. The largest absolute Gasteiger partial charge is 0.496 e. The minimum atomic E-state index is -0.277. The lowest BCUT2D eigenvalue weighted by Gasteiger charge is -2.13. The number of carbonyl (C=O) groups is 1. The van der Waals surface area contributed by atoms with Crippen LogP contribution in [0.4, 0.5) is 5.69 Å². The second-order valence-corrected chi connectivity index (χ2v) is 9.22. The Morgan fingerprint density at radius 1 is 1.12 bits per heavy atom. The van der Waals surface area contributed by atoms with Crippen molar-refractivity contribution in [1.29, 1.82) is 0 Å². The molecule has 1 unspecified atom stereocenters. The quantitative estimate of drug-likeness (QED) is 0.427. The van der Waals surface area contributed by atoms with Gasteiger partial charge in [0.25, 0.3) is 0 Å². The number of thioether (sulfide) groups is 1. The van der Waals surface area contributed by atoms with Gasteiger partial charge >= 0.3 is 0 Å². The highest BCUT2D eigenvalue weighted by atomic mass is 32.2. The van der Waals surface area contributed by atoms with E-state index in [9.17, 15) is 4.79 Å².